The van der Waals surface area contributed by atoms with Crippen LogP contribution in [0, 0.1) is 10.1 Å². The van der Waals surface area contributed by atoms with Crippen LogP contribution in [0.5, 0.6) is 5.75 Å². The summed E-state index contributed by atoms with van der Waals surface area (Å²) >= 11 is 0. The lowest BCUT2D eigenvalue weighted by atomic mass is 9.98. The number of ether oxygens (including phenoxy) is 1. The van der Waals surface area contributed by atoms with E-state index >= 15 is 0 Å². The molecule has 0 unspecified atom stereocenters. The molecule has 0 aliphatic heterocycles. The molecule has 0 aliphatic carbocycles. The fraction of sp³-hybridized carbons (Fsp3) is 0.227. The van der Waals surface area contributed by atoms with E-state index in [1.54, 1.807) is 25.3 Å². The van der Waals surface area contributed by atoms with Gasteiger partial charge in [-0.1, -0.05) is 12.1 Å². The third-order valence-corrected chi connectivity index (χ3v) is 4.91. The molecule has 1 amide bonds. The number of aromatic amines is 1. The van der Waals surface area contributed by atoms with Gasteiger partial charge in [-0.3, -0.25) is 14.9 Å². The predicted octanol–water partition coefficient (Wildman–Crippen LogP) is 3.47. The van der Waals surface area contributed by atoms with E-state index in [1.807, 2.05) is 43.3 Å². The summed E-state index contributed by atoms with van der Waals surface area (Å²) in [7, 11) is 5.46. The lowest BCUT2D eigenvalue weighted by Crippen LogP contribution is -2.19. The molecule has 0 radical (unpaired) electrons. The molecule has 0 bridgehead atoms. The molecular weight excluding hydrogens is 384 g/mol. The second-order valence-electron chi connectivity index (χ2n) is 7.15. The summed E-state index contributed by atoms with van der Waals surface area (Å²) in [5.41, 5.74) is 8.89. The fourth-order valence-electron chi connectivity index (χ4n) is 3.45. The molecular formula is C22H24N4O4. The molecule has 2 aromatic carbocycles. The van der Waals surface area contributed by atoms with Gasteiger partial charge in [0.1, 0.15) is 5.75 Å². The van der Waals surface area contributed by atoms with Gasteiger partial charge in [-0.2, -0.15) is 0 Å². The number of nitrogens with zero attached hydrogens (tertiary/aromatic N) is 2. The van der Waals surface area contributed by atoms with Gasteiger partial charge in [0.2, 0.25) is 0 Å². The molecule has 1 aromatic heterocycles. The number of nitro benzene ring substituents is 1. The Hall–Kier alpha value is -3.65. The van der Waals surface area contributed by atoms with Crippen molar-refractivity contribution in [2.75, 3.05) is 27.7 Å². The number of carbonyl (C=O) groups excluding carboxylic acids is 1. The number of H-pyrrole nitrogens is 1. The zero-order chi connectivity index (χ0) is 21.8. The Morgan fingerprint density at radius 2 is 1.80 bits per heavy atom. The largest absolute Gasteiger partial charge is 0.497 e. The van der Waals surface area contributed by atoms with Gasteiger partial charge < -0.3 is 20.4 Å². The van der Waals surface area contributed by atoms with E-state index in [-0.39, 0.29) is 11.3 Å². The van der Waals surface area contributed by atoms with Gasteiger partial charge in [0.25, 0.3) is 11.6 Å². The molecule has 0 aliphatic rings. The van der Waals surface area contributed by atoms with E-state index < -0.39 is 10.8 Å². The second kappa shape index (κ2) is 8.79. The average Bonchev–Trinajstić information content (AvgIpc) is 3.12. The monoisotopic (exact) mass is 408 g/mol. The van der Waals surface area contributed by atoms with Crippen molar-refractivity contribution >= 4 is 11.6 Å². The Kier molecular flexibility index (Phi) is 6.17. The maximum absolute atomic E-state index is 12.5. The Labute approximate surface area is 174 Å². The number of hydrogen-bond donors (Lipinski definition) is 2. The summed E-state index contributed by atoms with van der Waals surface area (Å²) in [5.74, 6) is 0.0714. The van der Waals surface area contributed by atoms with Crippen LogP contribution in [0.4, 0.5) is 5.69 Å². The number of methoxy groups -OCH3 is 1. The number of aromatic nitrogens is 1. The van der Waals surface area contributed by atoms with Gasteiger partial charge in [0, 0.05) is 18.3 Å². The smallest absolute Gasteiger partial charge is 0.278 e. The van der Waals surface area contributed by atoms with Crippen LogP contribution in [-0.2, 0) is 6.42 Å². The van der Waals surface area contributed by atoms with E-state index in [0.717, 1.165) is 11.1 Å². The van der Waals surface area contributed by atoms with Crippen molar-refractivity contribution in [2.45, 2.75) is 6.42 Å². The lowest BCUT2D eigenvalue weighted by molar-refractivity contribution is -0.384. The van der Waals surface area contributed by atoms with Crippen LogP contribution < -0.4 is 10.5 Å². The summed E-state index contributed by atoms with van der Waals surface area (Å²) in [6.45, 7) is 0.678. The summed E-state index contributed by atoms with van der Waals surface area (Å²) in [6.07, 6.45) is 0.545. The Bertz CT molecular complexity index is 1070. The summed E-state index contributed by atoms with van der Waals surface area (Å²) in [4.78, 5) is 28.9. The first-order chi connectivity index (χ1) is 14.3. The van der Waals surface area contributed by atoms with E-state index in [1.165, 1.54) is 6.07 Å². The zero-order valence-electron chi connectivity index (χ0n) is 17.1. The quantitative estimate of drug-likeness (QED) is 0.437. The number of nitro groups is 1. The SMILES string of the molecule is COc1ccc(-c2[nH]c(-c3ccccc3[N+](=O)[O-])c(C(N)=O)c2CCN(C)C)cc1. The van der Waals surface area contributed by atoms with E-state index in [4.69, 9.17) is 10.5 Å². The molecule has 1 heterocycles. The molecule has 0 atom stereocenters. The number of benzene rings is 2. The van der Waals surface area contributed by atoms with Gasteiger partial charge in [-0.15, -0.1) is 0 Å². The molecule has 0 fully saturated rings. The maximum atomic E-state index is 12.5. The number of hydrogen-bond acceptors (Lipinski definition) is 5. The number of rotatable bonds is 8. The number of carbonyl (C=O) groups is 1. The first-order valence-corrected chi connectivity index (χ1v) is 9.41. The topological polar surface area (TPSA) is 114 Å². The minimum atomic E-state index is -0.632. The van der Waals surface area contributed by atoms with Crippen LogP contribution in [0.25, 0.3) is 22.5 Å². The first-order valence-electron chi connectivity index (χ1n) is 9.41. The molecule has 8 heteroatoms. The van der Waals surface area contributed by atoms with Crippen molar-refractivity contribution in [1.29, 1.82) is 0 Å². The van der Waals surface area contributed by atoms with Gasteiger partial charge >= 0.3 is 0 Å². The van der Waals surface area contributed by atoms with Crippen molar-refractivity contribution in [3.63, 3.8) is 0 Å². The highest BCUT2D eigenvalue weighted by Crippen LogP contribution is 2.38. The van der Waals surface area contributed by atoms with E-state index in [2.05, 4.69) is 4.98 Å². The minimum absolute atomic E-state index is 0.0957. The third kappa shape index (κ3) is 4.18. The van der Waals surface area contributed by atoms with E-state index in [9.17, 15) is 14.9 Å². The Morgan fingerprint density at radius 1 is 1.13 bits per heavy atom. The summed E-state index contributed by atoms with van der Waals surface area (Å²) in [5, 5.41) is 11.6. The number of primary amides is 1. The van der Waals surface area contributed by atoms with Crippen molar-refractivity contribution < 1.29 is 14.5 Å². The van der Waals surface area contributed by atoms with Crippen LogP contribution in [0.1, 0.15) is 15.9 Å². The molecule has 3 aromatic rings. The number of likely N-dealkylation sites (N-methyl/N-ethyl adjacent to an activating group) is 1. The van der Waals surface area contributed by atoms with Crippen LogP contribution in [0.15, 0.2) is 48.5 Å². The molecule has 30 heavy (non-hydrogen) atoms. The third-order valence-electron chi connectivity index (χ3n) is 4.91. The van der Waals surface area contributed by atoms with Crippen LogP contribution in [0.3, 0.4) is 0 Å². The van der Waals surface area contributed by atoms with Gasteiger partial charge in [-0.25, -0.2) is 0 Å². The average molecular weight is 408 g/mol. The first kappa shape index (κ1) is 21.1. The molecule has 3 N–H and O–H groups in total. The van der Waals surface area contributed by atoms with Crippen molar-refractivity contribution in [1.82, 2.24) is 9.88 Å². The van der Waals surface area contributed by atoms with Gasteiger partial charge in [0.15, 0.2) is 0 Å². The molecule has 0 saturated carbocycles. The van der Waals surface area contributed by atoms with Gasteiger partial charge in [0.05, 0.1) is 28.9 Å². The normalized spacial score (nSPS) is 10.9. The lowest BCUT2D eigenvalue weighted by Gasteiger charge is -2.12. The Morgan fingerprint density at radius 3 is 2.37 bits per heavy atom. The molecule has 156 valence electrons. The number of nitrogens with one attached hydrogen (secondary N) is 1. The molecule has 3 rings (SSSR count). The highest BCUT2D eigenvalue weighted by atomic mass is 16.6. The fourth-order valence-corrected chi connectivity index (χ4v) is 3.45. The van der Waals surface area contributed by atoms with Gasteiger partial charge in [-0.05, 0) is 62.0 Å². The summed E-state index contributed by atoms with van der Waals surface area (Å²) < 4.78 is 5.23. The van der Waals surface area contributed by atoms with E-state index in [0.29, 0.717) is 35.7 Å². The second-order valence-corrected chi connectivity index (χ2v) is 7.15. The predicted molar refractivity (Wildman–Crippen MR) is 116 cm³/mol. The highest BCUT2D eigenvalue weighted by Gasteiger charge is 2.27. The zero-order valence-corrected chi connectivity index (χ0v) is 17.1. The number of amides is 1. The maximum Gasteiger partial charge on any atom is 0.278 e. The molecule has 8 nitrogen and oxygen atoms in total. The minimum Gasteiger partial charge on any atom is -0.497 e. The molecule has 0 saturated heterocycles. The van der Waals surface area contributed by atoms with Crippen molar-refractivity contribution in [3.8, 4) is 28.3 Å². The number of para-hydroxylation sites is 1. The van der Waals surface area contributed by atoms with Crippen molar-refractivity contribution in [3.05, 3.63) is 69.8 Å². The standard InChI is InChI=1S/C22H24N4O4/c1-25(2)13-12-17-19(22(23)27)21(16-6-4-5-7-18(16)26(28)29)24-20(17)14-8-10-15(30-3)11-9-14/h4-11,24H,12-13H2,1-3H3,(H2,23,27). The van der Waals surface area contributed by atoms with Crippen molar-refractivity contribution in [2.24, 2.45) is 5.73 Å². The van der Waals surface area contributed by atoms with Crippen LogP contribution in [0.2, 0.25) is 0 Å². The Balaban J connectivity index is 2.27. The van der Waals surface area contributed by atoms with Crippen LogP contribution in [-0.4, -0.2) is 48.5 Å². The number of nitrogens with two attached hydrogens (primary N) is 1. The highest BCUT2D eigenvalue weighted by molar-refractivity contribution is 6.03. The molecule has 0 spiro atoms. The summed E-state index contributed by atoms with van der Waals surface area (Å²) in [6, 6.07) is 13.7. The van der Waals surface area contributed by atoms with Crippen LogP contribution >= 0.6 is 0 Å².